The van der Waals surface area contributed by atoms with Crippen molar-refractivity contribution in [2.75, 3.05) is 11.3 Å². The summed E-state index contributed by atoms with van der Waals surface area (Å²) in [6.07, 6.45) is 5.24. The number of nitrogens with one attached hydrogen (secondary N) is 1. The number of hydrogen-bond donors (Lipinski definition) is 1. The van der Waals surface area contributed by atoms with E-state index in [0.29, 0.717) is 0 Å². The van der Waals surface area contributed by atoms with Gasteiger partial charge in [0.05, 0.1) is 11.4 Å². The van der Waals surface area contributed by atoms with Crippen molar-refractivity contribution in [2.45, 2.75) is 18.9 Å². The van der Waals surface area contributed by atoms with Crippen LogP contribution in [0.5, 0.6) is 0 Å². The van der Waals surface area contributed by atoms with E-state index in [4.69, 9.17) is 22.9 Å². The number of alkyl halides is 3. The van der Waals surface area contributed by atoms with Crippen LogP contribution in [0.3, 0.4) is 0 Å². The minimum absolute atomic E-state index is 0.0600. The largest absolute Gasteiger partial charge is 0.516 e. The molecule has 10 heteroatoms. The Morgan fingerprint density at radius 3 is 2.65 bits per heavy atom. The van der Waals surface area contributed by atoms with E-state index in [2.05, 4.69) is 11.1 Å². The maximum Gasteiger partial charge on any atom is 0.516 e. The fourth-order valence-corrected chi connectivity index (χ4v) is 2.25. The molecule has 5 nitrogen and oxygen atoms in total. The van der Waals surface area contributed by atoms with Crippen molar-refractivity contribution in [3.05, 3.63) is 28.8 Å². The van der Waals surface area contributed by atoms with Gasteiger partial charge in [0.1, 0.15) is 0 Å². The van der Waals surface area contributed by atoms with Crippen LogP contribution in [0.4, 0.5) is 18.9 Å². The van der Waals surface area contributed by atoms with Gasteiger partial charge in [-0.25, -0.2) is 0 Å². The first-order chi connectivity index (χ1) is 10.6. The van der Waals surface area contributed by atoms with Crippen LogP contribution in [0.2, 0.25) is 5.02 Å². The minimum Gasteiger partial charge on any atom is -0.382 e. The average Bonchev–Trinajstić information content (AvgIpc) is 2.44. The Hall–Kier alpha value is -1.92. The zero-order valence-corrected chi connectivity index (χ0v) is 13.4. The van der Waals surface area contributed by atoms with E-state index < -0.39 is 15.5 Å². The molecule has 0 spiro atoms. The predicted octanol–water partition coefficient (Wildman–Crippen LogP) is 3.37. The highest BCUT2D eigenvalue weighted by Crippen LogP contribution is 2.29. The summed E-state index contributed by atoms with van der Waals surface area (Å²) in [5, 5.41) is 3.88. The Morgan fingerprint density at radius 1 is 1.48 bits per heavy atom. The lowest BCUT2D eigenvalue weighted by molar-refractivity contribution is -0.0429. The number of anilines is 1. The monoisotopic (exact) mass is 368 g/mol. The van der Waals surface area contributed by atoms with Crippen molar-refractivity contribution in [3.8, 4) is 12.3 Å². The third-order valence-corrected chi connectivity index (χ3v) is 3.83. The Kier molecular flexibility index (Phi) is 6.29. The zero-order valence-electron chi connectivity index (χ0n) is 11.8. The fourth-order valence-electron chi connectivity index (χ4n) is 1.50. The summed E-state index contributed by atoms with van der Waals surface area (Å²) in [7, 11) is -5.57. The second kappa shape index (κ2) is 7.57. The number of nitrogens with zero attached hydrogens (tertiary/aromatic N) is 1. The summed E-state index contributed by atoms with van der Waals surface area (Å²) in [4.78, 5) is 4.79. The van der Waals surface area contributed by atoms with E-state index in [1.54, 1.807) is 6.92 Å². The molecule has 0 aliphatic heterocycles. The first kappa shape index (κ1) is 19.1. The molecule has 1 N–H and O–H groups in total. The lowest BCUT2D eigenvalue weighted by Gasteiger charge is -2.15. The maximum absolute atomic E-state index is 12.5. The normalized spacial score (nSPS) is 12.6. The van der Waals surface area contributed by atoms with Crippen LogP contribution in [0.25, 0.3) is 0 Å². The van der Waals surface area contributed by atoms with E-state index in [9.17, 15) is 21.6 Å². The van der Waals surface area contributed by atoms with Gasteiger partial charge in [-0.2, -0.15) is 21.6 Å². The lowest BCUT2D eigenvalue weighted by atomic mass is 10.1. The second-order valence-corrected chi connectivity index (χ2v) is 6.22. The van der Waals surface area contributed by atoms with Gasteiger partial charge in [0.25, 0.3) is 0 Å². The molecule has 0 amide bonds. The van der Waals surface area contributed by atoms with Gasteiger partial charge < -0.3 is 4.84 Å². The quantitative estimate of drug-likeness (QED) is 0.362. The highest BCUT2D eigenvalue weighted by Gasteiger charge is 2.46. The van der Waals surface area contributed by atoms with E-state index in [1.165, 1.54) is 16.9 Å². The summed E-state index contributed by atoms with van der Waals surface area (Å²) in [6, 6.07) is 3.62. The summed E-state index contributed by atoms with van der Waals surface area (Å²) in [5.41, 5.74) is -5.53. The smallest absolute Gasteiger partial charge is 0.382 e. The molecular weight excluding hydrogens is 357 g/mol. The van der Waals surface area contributed by atoms with Crippen molar-refractivity contribution in [1.82, 2.24) is 0 Å². The predicted molar refractivity (Wildman–Crippen MR) is 81.7 cm³/mol. The van der Waals surface area contributed by atoms with Gasteiger partial charge in [-0.3, -0.25) is 4.72 Å². The third kappa shape index (κ3) is 5.04. The molecule has 1 aromatic rings. The van der Waals surface area contributed by atoms with Crippen molar-refractivity contribution >= 4 is 33.0 Å². The SMILES string of the molecule is C#CCON=C(CC)c1cc(Cl)ccc1NS(=O)(=O)C(F)(F)F. The van der Waals surface area contributed by atoms with Crippen molar-refractivity contribution in [2.24, 2.45) is 5.16 Å². The fraction of sp³-hybridized carbons (Fsp3) is 0.308. The zero-order chi connectivity index (χ0) is 17.7. The minimum atomic E-state index is -5.57. The highest BCUT2D eigenvalue weighted by atomic mass is 35.5. The summed E-state index contributed by atoms with van der Waals surface area (Å²) in [6.45, 7) is 1.51. The maximum atomic E-state index is 12.5. The molecule has 0 saturated carbocycles. The van der Waals surface area contributed by atoms with Crippen LogP contribution in [0, 0.1) is 12.3 Å². The van der Waals surface area contributed by atoms with Gasteiger partial charge in [0.15, 0.2) is 6.61 Å². The Morgan fingerprint density at radius 2 is 2.13 bits per heavy atom. The molecule has 126 valence electrons. The van der Waals surface area contributed by atoms with Gasteiger partial charge in [-0.15, -0.1) is 6.42 Å². The first-order valence-corrected chi connectivity index (χ1v) is 7.99. The number of oxime groups is 1. The molecule has 0 heterocycles. The number of halogens is 4. The number of terminal acetylenes is 1. The second-order valence-electron chi connectivity index (χ2n) is 4.11. The van der Waals surface area contributed by atoms with Gasteiger partial charge in [-0.05, 0) is 24.6 Å². The van der Waals surface area contributed by atoms with Gasteiger partial charge >= 0.3 is 15.5 Å². The van der Waals surface area contributed by atoms with Crippen molar-refractivity contribution in [1.29, 1.82) is 0 Å². The Bertz CT molecular complexity index is 740. The van der Waals surface area contributed by atoms with Crippen molar-refractivity contribution < 1.29 is 26.4 Å². The van der Waals surface area contributed by atoms with Crippen LogP contribution in [-0.2, 0) is 14.9 Å². The molecule has 1 aromatic carbocycles. The molecule has 0 atom stereocenters. The topological polar surface area (TPSA) is 67.8 Å². The van der Waals surface area contributed by atoms with E-state index in [0.717, 1.165) is 6.07 Å². The first-order valence-electron chi connectivity index (χ1n) is 6.13. The van der Waals surface area contributed by atoms with E-state index in [-0.39, 0.29) is 35.0 Å². The third-order valence-electron chi connectivity index (χ3n) is 2.50. The number of benzene rings is 1. The Labute approximate surface area is 136 Å². The average molecular weight is 369 g/mol. The number of hydrogen-bond acceptors (Lipinski definition) is 4. The molecular formula is C13H12ClF3N2O3S. The number of sulfonamides is 1. The van der Waals surface area contributed by atoms with Crippen LogP contribution in [0.1, 0.15) is 18.9 Å². The van der Waals surface area contributed by atoms with Gasteiger partial charge in [0, 0.05) is 10.6 Å². The van der Waals surface area contributed by atoms with E-state index >= 15 is 0 Å². The molecule has 23 heavy (non-hydrogen) atoms. The van der Waals surface area contributed by atoms with Crippen molar-refractivity contribution in [3.63, 3.8) is 0 Å². The molecule has 0 unspecified atom stereocenters. The highest BCUT2D eigenvalue weighted by molar-refractivity contribution is 7.93. The summed E-state index contributed by atoms with van der Waals surface area (Å²) in [5.74, 6) is 2.17. The van der Waals surface area contributed by atoms with Crippen LogP contribution < -0.4 is 4.72 Å². The van der Waals surface area contributed by atoms with Crippen LogP contribution in [0.15, 0.2) is 23.4 Å². The number of rotatable bonds is 6. The molecule has 0 aliphatic carbocycles. The molecule has 0 saturated heterocycles. The molecule has 1 rings (SSSR count). The molecule has 0 bridgehead atoms. The molecule has 0 aliphatic rings. The van der Waals surface area contributed by atoms with E-state index in [1.807, 2.05) is 0 Å². The van der Waals surface area contributed by atoms with Gasteiger partial charge in [0.2, 0.25) is 0 Å². The molecule has 0 aromatic heterocycles. The molecule has 0 fully saturated rings. The Balaban J connectivity index is 3.31. The van der Waals surface area contributed by atoms with Crippen LogP contribution in [-0.4, -0.2) is 26.2 Å². The summed E-state index contributed by atoms with van der Waals surface area (Å²) < 4.78 is 61.5. The lowest BCUT2D eigenvalue weighted by Crippen LogP contribution is -2.30. The standard InChI is InChI=1S/C13H12ClF3N2O3S/c1-3-7-22-18-11(4-2)10-8-9(14)5-6-12(10)19-23(20,21)13(15,16)17/h1,5-6,8,19H,4,7H2,2H3. The molecule has 0 radical (unpaired) electrons. The summed E-state index contributed by atoms with van der Waals surface area (Å²) >= 11 is 5.81. The van der Waals surface area contributed by atoms with Gasteiger partial charge in [-0.1, -0.05) is 29.6 Å². The van der Waals surface area contributed by atoms with Crippen LogP contribution >= 0.6 is 11.6 Å².